The van der Waals surface area contributed by atoms with Gasteiger partial charge in [0.2, 0.25) is 0 Å². The van der Waals surface area contributed by atoms with Crippen LogP contribution in [0, 0.1) is 0 Å². The maximum absolute atomic E-state index is 11.3. The highest BCUT2D eigenvalue weighted by Gasteiger charge is 2.32. The van der Waals surface area contributed by atoms with E-state index in [0.717, 1.165) is 0 Å². The monoisotopic (exact) mass is 461 g/mol. The lowest BCUT2D eigenvalue weighted by molar-refractivity contribution is 0.0175. The molecule has 0 saturated heterocycles. The molecule has 0 saturated carbocycles. The lowest BCUT2D eigenvalue weighted by Crippen LogP contribution is -2.34. The molecule has 29 heavy (non-hydrogen) atoms. The van der Waals surface area contributed by atoms with E-state index in [-0.39, 0.29) is 5.75 Å². The normalized spacial score (nSPS) is 13.9. The number of para-hydroxylation sites is 1. The zero-order chi connectivity index (χ0) is 21.5. The van der Waals surface area contributed by atoms with Crippen molar-refractivity contribution in [2.24, 2.45) is 4.99 Å². The van der Waals surface area contributed by atoms with E-state index in [1.165, 1.54) is 24.3 Å². The van der Waals surface area contributed by atoms with Crippen LogP contribution in [0.4, 0.5) is 5.69 Å². The third-order valence-corrected chi connectivity index (χ3v) is 4.38. The quantitative estimate of drug-likeness (QED) is 0.307. The highest BCUT2D eigenvalue weighted by Crippen LogP contribution is 2.29. The van der Waals surface area contributed by atoms with Gasteiger partial charge < -0.3 is 4.74 Å². The lowest BCUT2D eigenvalue weighted by atomic mass is 10.0. The standard InChI is InChI=1S/C16H15NO9S3/c18-28(19,20)24-10-15(26-29(21,22)23)16(25-14-4-2-1-3-5-14)12-6-8-13(9-7-12)17-11-27/h1-9,15-16H,10H2,(H,18,19,20)(H,21,22,23). The van der Waals surface area contributed by atoms with E-state index in [1.54, 1.807) is 30.3 Å². The molecular weight excluding hydrogens is 446 g/mol. The maximum atomic E-state index is 11.3. The van der Waals surface area contributed by atoms with E-state index >= 15 is 0 Å². The molecule has 0 spiro atoms. The SMILES string of the molecule is O=S(=O)(O)OCC(OS(=O)(=O)O)C(Oc1ccccc1)c1ccc(N=C=S)cc1. The summed E-state index contributed by atoms with van der Waals surface area (Å²) in [5.74, 6) is 0.286. The fourth-order valence-corrected chi connectivity index (χ4v) is 3.15. The smallest absolute Gasteiger partial charge is 0.397 e. The minimum absolute atomic E-state index is 0.286. The molecule has 0 aromatic heterocycles. The summed E-state index contributed by atoms with van der Waals surface area (Å²) in [6.45, 7) is -0.976. The molecule has 0 fully saturated rings. The van der Waals surface area contributed by atoms with E-state index in [1.807, 2.05) is 0 Å². The number of isothiocyanates is 1. The van der Waals surface area contributed by atoms with Crippen LogP contribution in [0.1, 0.15) is 11.7 Å². The largest absolute Gasteiger partial charge is 0.483 e. The van der Waals surface area contributed by atoms with Gasteiger partial charge in [0.05, 0.1) is 10.8 Å². The molecule has 0 radical (unpaired) electrons. The molecule has 2 atom stereocenters. The molecule has 156 valence electrons. The Balaban J connectivity index is 2.45. The number of nitrogens with zero attached hydrogens (tertiary/aromatic N) is 1. The van der Waals surface area contributed by atoms with Crippen LogP contribution in [0.15, 0.2) is 59.6 Å². The van der Waals surface area contributed by atoms with Crippen molar-refractivity contribution in [2.45, 2.75) is 12.2 Å². The number of hydrogen-bond acceptors (Lipinski definition) is 9. The average molecular weight is 461 g/mol. The Morgan fingerprint density at radius 3 is 2.10 bits per heavy atom. The predicted octanol–water partition coefficient (Wildman–Crippen LogP) is 2.55. The third kappa shape index (κ3) is 8.35. The van der Waals surface area contributed by atoms with Gasteiger partial charge in [-0.3, -0.25) is 9.11 Å². The van der Waals surface area contributed by atoms with Gasteiger partial charge in [-0.1, -0.05) is 30.3 Å². The van der Waals surface area contributed by atoms with Gasteiger partial charge in [-0.2, -0.15) is 21.8 Å². The van der Waals surface area contributed by atoms with Gasteiger partial charge in [0, 0.05) is 0 Å². The summed E-state index contributed by atoms with van der Waals surface area (Å²) < 4.78 is 76.8. The number of hydrogen-bond donors (Lipinski definition) is 2. The van der Waals surface area contributed by atoms with Gasteiger partial charge in [0.25, 0.3) is 0 Å². The van der Waals surface area contributed by atoms with Crippen molar-refractivity contribution in [3.8, 4) is 5.75 Å². The van der Waals surface area contributed by atoms with E-state index in [2.05, 4.69) is 30.7 Å². The second-order valence-corrected chi connectivity index (χ2v) is 7.74. The van der Waals surface area contributed by atoms with Crippen molar-refractivity contribution in [3.63, 3.8) is 0 Å². The minimum Gasteiger partial charge on any atom is -0.483 e. The fourth-order valence-electron chi connectivity index (χ4n) is 2.27. The summed E-state index contributed by atoms with van der Waals surface area (Å²) in [7, 11) is -9.96. The summed E-state index contributed by atoms with van der Waals surface area (Å²) in [6.07, 6.45) is -2.96. The maximum Gasteiger partial charge on any atom is 0.397 e. The van der Waals surface area contributed by atoms with Gasteiger partial charge in [-0.25, -0.2) is 8.37 Å². The molecule has 0 heterocycles. The van der Waals surface area contributed by atoms with E-state index in [4.69, 9.17) is 13.8 Å². The Labute approximate surface area is 172 Å². The zero-order valence-electron chi connectivity index (χ0n) is 14.5. The van der Waals surface area contributed by atoms with Crippen molar-refractivity contribution in [2.75, 3.05) is 6.61 Å². The number of benzene rings is 2. The zero-order valence-corrected chi connectivity index (χ0v) is 16.9. The van der Waals surface area contributed by atoms with Crippen LogP contribution in [0.5, 0.6) is 5.75 Å². The Hall–Kier alpha value is -2.22. The summed E-state index contributed by atoms with van der Waals surface area (Å²) in [5, 5.41) is 2.19. The Morgan fingerprint density at radius 2 is 1.59 bits per heavy atom. The third-order valence-electron chi connectivity index (χ3n) is 3.37. The Kier molecular flexibility index (Phi) is 7.96. The summed E-state index contributed by atoms with van der Waals surface area (Å²) in [4.78, 5) is 3.78. The number of ether oxygens (including phenoxy) is 1. The Bertz CT molecular complexity index is 1060. The number of thiocarbonyl (C=S) groups is 1. The van der Waals surface area contributed by atoms with Crippen molar-refractivity contribution in [1.29, 1.82) is 0 Å². The second kappa shape index (κ2) is 10.0. The van der Waals surface area contributed by atoms with Crippen LogP contribution in [0.25, 0.3) is 0 Å². The Morgan fingerprint density at radius 1 is 0.966 bits per heavy atom. The minimum atomic E-state index is -5.03. The summed E-state index contributed by atoms with van der Waals surface area (Å²) >= 11 is 4.52. The average Bonchev–Trinajstić information content (AvgIpc) is 2.64. The molecule has 2 N–H and O–H groups in total. The molecule has 2 aromatic rings. The summed E-state index contributed by atoms with van der Waals surface area (Å²) in [6, 6.07) is 14.2. The molecule has 2 aromatic carbocycles. The van der Waals surface area contributed by atoms with Gasteiger partial charge in [0.15, 0.2) is 6.10 Å². The van der Waals surface area contributed by atoms with Gasteiger partial charge >= 0.3 is 20.8 Å². The van der Waals surface area contributed by atoms with Crippen LogP contribution in [0.2, 0.25) is 0 Å². The van der Waals surface area contributed by atoms with Crippen LogP contribution in [0.3, 0.4) is 0 Å². The molecule has 10 nitrogen and oxygen atoms in total. The van der Waals surface area contributed by atoms with Gasteiger partial charge in [-0.05, 0) is 42.0 Å². The first-order valence-corrected chi connectivity index (χ1v) is 10.9. The topological polar surface area (TPSA) is 149 Å². The van der Waals surface area contributed by atoms with Crippen molar-refractivity contribution < 1.29 is 39.0 Å². The van der Waals surface area contributed by atoms with Gasteiger partial charge in [0.1, 0.15) is 18.5 Å². The van der Waals surface area contributed by atoms with E-state index in [0.29, 0.717) is 11.3 Å². The molecule has 0 bridgehead atoms. The first-order chi connectivity index (χ1) is 13.6. The molecule has 2 unspecified atom stereocenters. The van der Waals surface area contributed by atoms with Crippen LogP contribution in [-0.4, -0.2) is 43.8 Å². The van der Waals surface area contributed by atoms with Crippen LogP contribution >= 0.6 is 12.2 Å². The second-order valence-electron chi connectivity index (χ2n) is 5.42. The first-order valence-electron chi connectivity index (χ1n) is 7.74. The lowest BCUT2D eigenvalue weighted by Gasteiger charge is -2.26. The fraction of sp³-hybridized carbons (Fsp3) is 0.188. The highest BCUT2D eigenvalue weighted by atomic mass is 32.3. The molecule has 0 aliphatic heterocycles. The first kappa shape index (κ1) is 23.1. The van der Waals surface area contributed by atoms with Crippen LogP contribution < -0.4 is 4.74 Å². The highest BCUT2D eigenvalue weighted by molar-refractivity contribution is 7.81. The number of aliphatic imine (C=N–C) groups is 1. The van der Waals surface area contributed by atoms with E-state index < -0.39 is 39.6 Å². The molecule has 0 aliphatic carbocycles. The molecule has 2 rings (SSSR count). The van der Waals surface area contributed by atoms with Crippen LogP contribution in [-0.2, 0) is 29.2 Å². The molecule has 13 heteroatoms. The molecule has 0 amide bonds. The van der Waals surface area contributed by atoms with Crippen molar-refractivity contribution in [1.82, 2.24) is 0 Å². The van der Waals surface area contributed by atoms with Crippen molar-refractivity contribution >= 4 is 43.9 Å². The van der Waals surface area contributed by atoms with Crippen molar-refractivity contribution in [3.05, 3.63) is 60.2 Å². The molecule has 0 aliphatic rings. The van der Waals surface area contributed by atoms with E-state index in [9.17, 15) is 16.8 Å². The predicted molar refractivity (Wildman–Crippen MR) is 105 cm³/mol. The molecular formula is C16H15NO9S3. The van der Waals surface area contributed by atoms with Gasteiger partial charge in [-0.15, -0.1) is 0 Å². The summed E-state index contributed by atoms with van der Waals surface area (Å²) in [5.41, 5.74) is 0.772. The number of rotatable bonds is 10.